The van der Waals surface area contributed by atoms with Gasteiger partial charge in [0, 0.05) is 62.2 Å². The zero-order chi connectivity index (χ0) is 19.3. The molecule has 2 aliphatic rings. The van der Waals surface area contributed by atoms with Gasteiger partial charge in [-0.05, 0) is 56.8 Å². The van der Waals surface area contributed by atoms with Crippen LogP contribution < -0.4 is 4.90 Å². The van der Waals surface area contributed by atoms with E-state index in [1.165, 1.54) is 54.3 Å². The van der Waals surface area contributed by atoms with Crippen molar-refractivity contribution in [1.82, 2.24) is 19.8 Å². The van der Waals surface area contributed by atoms with Crippen molar-refractivity contribution in [1.29, 1.82) is 0 Å². The second-order valence-electron chi connectivity index (χ2n) is 8.60. The summed E-state index contributed by atoms with van der Waals surface area (Å²) in [5, 5.41) is 1.20. The molecule has 0 unspecified atom stereocenters. The summed E-state index contributed by atoms with van der Waals surface area (Å²) in [6.07, 6.45) is 11.2. The number of hydrogen-bond acceptors (Lipinski definition) is 6. The first-order valence-electron chi connectivity index (χ1n) is 10.7. The Labute approximate surface area is 173 Å². The first kappa shape index (κ1) is 19.8. The van der Waals surface area contributed by atoms with Crippen LogP contribution in [0, 0.1) is 5.92 Å². The van der Waals surface area contributed by atoms with Gasteiger partial charge >= 0.3 is 0 Å². The summed E-state index contributed by atoms with van der Waals surface area (Å²) in [4.78, 5) is 17.9. The van der Waals surface area contributed by atoms with Crippen LogP contribution in [0.1, 0.15) is 43.0 Å². The van der Waals surface area contributed by atoms with Crippen LogP contribution >= 0.6 is 11.3 Å². The fraction of sp³-hybridized carbons (Fsp3) is 0.636. The fourth-order valence-electron chi connectivity index (χ4n) is 4.62. The molecule has 28 heavy (non-hydrogen) atoms. The summed E-state index contributed by atoms with van der Waals surface area (Å²) in [6.45, 7) is 9.16. The molecule has 4 heterocycles. The van der Waals surface area contributed by atoms with E-state index in [1.807, 2.05) is 29.8 Å². The second kappa shape index (κ2) is 9.33. The average Bonchev–Trinajstić information content (AvgIpc) is 3.17. The molecule has 0 aromatic carbocycles. The van der Waals surface area contributed by atoms with Gasteiger partial charge in [0.1, 0.15) is 0 Å². The molecule has 0 N–H and O–H groups in total. The molecule has 0 saturated carbocycles. The lowest BCUT2D eigenvalue weighted by Crippen LogP contribution is -2.48. The SMILES string of the molecule is C[C@@H]1CCCN(C2CCN(c3ncc(CN(C)Cc4cccnc4)s3)CC2)C1. The van der Waals surface area contributed by atoms with Crippen LogP contribution in [0.3, 0.4) is 0 Å². The van der Waals surface area contributed by atoms with Gasteiger partial charge in [-0.3, -0.25) is 14.8 Å². The first-order chi connectivity index (χ1) is 13.7. The smallest absolute Gasteiger partial charge is 0.185 e. The number of aromatic nitrogens is 2. The third-order valence-electron chi connectivity index (χ3n) is 6.08. The molecule has 6 heteroatoms. The van der Waals surface area contributed by atoms with Gasteiger partial charge in [0.2, 0.25) is 0 Å². The van der Waals surface area contributed by atoms with Crippen LogP contribution in [-0.2, 0) is 13.1 Å². The Morgan fingerprint density at radius 2 is 2.00 bits per heavy atom. The maximum absolute atomic E-state index is 4.74. The summed E-state index contributed by atoms with van der Waals surface area (Å²) in [7, 11) is 2.16. The highest BCUT2D eigenvalue weighted by Gasteiger charge is 2.28. The van der Waals surface area contributed by atoms with Gasteiger partial charge in [-0.2, -0.15) is 0 Å². The molecule has 0 spiro atoms. The summed E-state index contributed by atoms with van der Waals surface area (Å²) in [6, 6.07) is 4.92. The Balaban J connectivity index is 1.26. The fourth-order valence-corrected chi connectivity index (χ4v) is 5.66. The van der Waals surface area contributed by atoms with Crippen molar-refractivity contribution in [2.24, 2.45) is 5.92 Å². The molecule has 5 nitrogen and oxygen atoms in total. The number of anilines is 1. The van der Waals surface area contributed by atoms with Crippen LogP contribution in [0.4, 0.5) is 5.13 Å². The molecule has 0 bridgehead atoms. The lowest BCUT2D eigenvalue weighted by molar-refractivity contribution is 0.112. The number of pyridine rings is 1. The van der Waals surface area contributed by atoms with Crippen molar-refractivity contribution in [3.8, 4) is 0 Å². The molecule has 0 aliphatic carbocycles. The first-order valence-corrected chi connectivity index (χ1v) is 11.5. The van der Waals surface area contributed by atoms with E-state index in [0.29, 0.717) is 0 Å². The average molecular weight is 400 g/mol. The van der Waals surface area contributed by atoms with Crippen molar-refractivity contribution in [2.75, 3.05) is 38.1 Å². The summed E-state index contributed by atoms with van der Waals surface area (Å²) < 4.78 is 0. The molecular formula is C22H33N5S. The topological polar surface area (TPSA) is 35.5 Å². The van der Waals surface area contributed by atoms with E-state index >= 15 is 0 Å². The summed E-state index contributed by atoms with van der Waals surface area (Å²) in [5.74, 6) is 0.872. The largest absolute Gasteiger partial charge is 0.348 e. The Morgan fingerprint density at radius 3 is 2.75 bits per heavy atom. The van der Waals surface area contributed by atoms with E-state index in [2.05, 4.69) is 45.9 Å². The molecule has 0 amide bonds. The molecule has 2 aromatic heterocycles. The van der Waals surface area contributed by atoms with Crippen molar-refractivity contribution in [3.63, 3.8) is 0 Å². The van der Waals surface area contributed by atoms with Crippen molar-refractivity contribution in [2.45, 2.75) is 51.7 Å². The van der Waals surface area contributed by atoms with Crippen LogP contribution in [0.15, 0.2) is 30.7 Å². The molecule has 0 radical (unpaired) electrons. The van der Waals surface area contributed by atoms with Crippen molar-refractivity contribution >= 4 is 16.5 Å². The van der Waals surface area contributed by atoms with E-state index in [9.17, 15) is 0 Å². The third-order valence-corrected chi connectivity index (χ3v) is 7.13. The van der Waals surface area contributed by atoms with E-state index in [0.717, 1.165) is 38.1 Å². The van der Waals surface area contributed by atoms with Crippen molar-refractivity contribution in [3.05, 3.63) is 41.2 Å². The van der Waals surface area contributed by atoms with Gasteiger partial charge in [-0.25, -0.2) is 4.98 Å². The Bertz CT molecular complexity index is 726. The molecule has 2 aliphatic heterocycles. The Hall–Kier alpha value is -1.50. The Kier molecular flexibility index (Phi) is 6.60. The minimum Gasteiger partial charge on any atom is -0.348 e. The number of piperidine rings is 2. The zero-order valence-electron chi connectivity index (χ0n) is 17.3. The normalized spacial score (nSPS) is 22.1. The summed E-state index contributed by atoms with van der Waals surface area (Å²) >= 11 is 1.86. The number of likely N-dealkylation sites (tertiary alicyclic amines) is 1. The molecule has 2 saturated heterocycles. The highest BCUT2D eigenvalue weighted by Crippen LogP contribution is 2.29. The zero-order valence-corrected chi connectivity index (χ0v) is 18.1. The molecule has 2 aromatic rings. The third kappa shape index (κ3) is 5.10. The minimum atomic E-state index is 0.782. The molecule has 152 valence electrons. The van der Waals surface area contributed by atoms with Gasteiger partial charge in [0.15, 0.2) is 5.13 Å². The number of rotatable bonds is 6. The van der Waals surface area contributed by atoms with Crippen LogP contribution in [-0.4, -0.2) is 59.0 Å². The number of nitrogens with zero attached hydrogens (tertiary/aromatic N) is 5. The van der Waals surface area contributed by atoms with E-state index in [4.69, 9.17) is 4.98 Å². The summed E-state index contributed by atoms with van der Waals surface area (Å²) in [5.41, 5.74) is 1.25. The lowest BCUT2D eigenvalue weighted by atomic mass is 9.95. The molecular weight excluding hydrogens is 366 g/mol. The standard InChI is InChI=1S/C22H33N5S/c1-18-5-4-10-27(15-18)20-7-11-26(12-8-20)22-24-14-21(28-22)17-25(2)16-19-6-3-9-23-13-19/h3,6,9,13-14,18,20H,4-5,7-8,10-12,15-17H2,1-2H3/t18-/m1/s1. The van der Waals surface area contributed by atoms with Gasteiger partial charge in [0.25, 0.3) is 0 Å². The van der Waals surface area contributed by atoms with E-state index in [1.54, 1.807) is 0 Å². The maximum Gasteiger partial charge on any atom is 0.185 e. The minimum absolute atomic E-state index is 0.782. The van der Waals surface area contributed by atoms with E-state index in [-0.39, 0.29) is 0 Å². The van der Waals surface area contributed by atoms with E-state index < -0.39 is 0 Å². The second-order valence-corrected chi connectivity index (χ2v) is 9.70. The predicted octanol–water partition coefficient (Wildman–Crippen LogP) is 3.87. The van der Waals surface area contributed by atoms with Gasteiger partial charge in [-0.15, -0.1) is 11.3 Å². The number of thiazole rings is 1. The molecule has 4 rings (SSSR count). The Morgan fingerprint density at radius 1 is 1.14 bits per heavy atom. The maximum atomic E-state index is 4.74. The van der Waals surface area contributed by atoms with Crippen LogP contribution in [0.25, 0.3) is 0 Å². The molecule has 2 fully saturated rings. The van der Waals surface area contributed by atoms with Crippen molar-refractivity contribution < 1.29 is 0 Å². The predicted molar refractivity (Wildman–Crippen MR) is 117 cm³/mol. The van der Waals surface area contributed by atoms with Crippen LogP contribution in [0.5, 0.6) is 0 Å². The molecule has 1 atom stereocenters. The van der Waals surface area contributed by atoms with Gasteiger partial charge in [0.05, 0.1) is 0 Å². The van der Waals surface area contributed by atoms with Crippen LogP contribution in [0.2, 0.25) is 0 Å². The number of hydrogen-bond donors (Lipinski definition) is 0. The quantitative estimate of drug-likeness (QED) is 0.737. The van der Waals surface area contributed by atoms with Gasteiger partial charge in [-0.1, -0.05) is 13.0 Å². The highest BCUT2D eigenvalue weighted by molar-refractivity contribution is 7.15. The van der Waals surface area contributed by atoms with Gasteiger partial charge < -0.3 is 4.90 Å². The highest BCUT2D eigenvalue weighted by atomic mass is 32.1. The lowest BCUT2D eigenvalue weighted by Gasteiger charge is -2.41. The monoisotopic (exact) mass is 399 g/mol.